The van der Waals surface area contributed by atoms with E-state index in [0.717, 1.165) is 32.7 Å². The van der Waals surface area contributed by atoms with E-state index in [1.54, 1.807) is 6.20 Å². The van der Waals surface area contributed by atoms with Gasteiger partial charge in [0.25, 0.3) is 0 Å². The van der Waals surface area contributed by atoms with Crippen molar-refractivity contribution < 1.29 is 4.79 Å². The van der Waals surface area contributed by atoms with Crippen LogP contribution >= 0.6 is 11.3 Å². The third kappa shape index (κ3) is 4.37. The summed E-state index contributed by atoms with van der Waals surface area (Å²) in [7, 11) is 0. The molecular formula is C17H22N4OS. The molecule has 1 N–H and O–H groups in total. The molecule has 1 aromatic carbocycles. The maximum Gasteiger partial charge on any atom is 0.243 e. The minimum atomic E-state index is -0.127. The highest BCUT2D eigenvalue weighted by atomic mass is 32.1. The Hall–Kier alpha value is -1.76. The van der Waals surface area contributed by atoms with Gasteiger partial charge in [-0.05, 0) is 12.5 Å². The summed E-state index contributed by atoms with van der Waals surface area (Å²) in [4.78, 5) is 21.1. The Bertz CT molecular complexity index is 609. The predicted octanol–water partition coefficient (Wildman–Crippen LogP) is 2.29. The van der Waals surface area contributed by atoms with Gasteiger partial charge in [-0.3, -0.25) is 14.6 Å². The lowest BCUT2D eigenvalue weighted by Crippen LogP contribution is -2.52. The van der Waals surface area contributed by atoms with Gasteiger partial charge in [-0.2, -0.15) is 0 Å². The smallest absolute Gasteiger partial charge is 0.243 e. The number of piperazine rings is 1. The largest absolute Gasteiger partial charge is 0.301 e. The first-order valence-corrected chi connectivity index (χ1v) is 8.81. The van der Waals surface area contributed by atoms with Gasteiger partial charge in [0.2, 0.25) is 5.91 Å². The van der Waals surface area contributed by atoms with E-state index in [-0.39, 0.29) is 11.9 Å². The second kappa shape index (κ2) is 7.68. The molecule has 122 valence electrons. The third-order valence-corrected chi connectivity index (χ3v) is 4.93. The molecule has 1 aliphatic heterocycles. The van der Waals surface area contributed by atoms with Crippen LogP contribution in [0.3, 0.4) is 0 Å². The lowest BCUT2D eigenvalue weighted by Gasteiger charge is -2.37. The van der Waals surface area contributed by atoms with Gasteiger partial charge in [0.05, 0.1) is 6.04 Å². The van der Waals surface area contributed by atoms with Crippen LogP contribution in [0, 0.1) is 0 Å². The van der Waals surface area contributed by atoms with Gasteiger partial charge in [-0.15, -0.1) is 11.3 Å². The highest BCUT2D eigenvalue weighted by Gasteiger charge is 2.25. The fraction of sp³-hybridized carbons (Fsp3) is 0.412. The molecule has 1 fully saturated rings. The number of benzene rings is 1. The van der Waals surface area contributed by atoms with E-state index in [2.05, 4.69) is 44.4 Å². The van der Waals surface area contributed by atoms with Gasteiger partial charge in [-0.25, -0.2) is 4.98 Å². The molecule has 6 heteroatoms. The van der Waals surface area contributed by atoms with Crippen molar-refractivity contribution in [1.29, 1.82) is 0 Å². The minimum absolute atomic E-state index is 0.0245. The van der Waals surface area contributed by atoms with Crippen LogP contribution in [0.5, 0.6) is 0 Å². The van der Waals surface area contributed by atoms with Gasteiger partial charge in [0, 0.05) is 44.3 Å². The molecule has 0 saturated carbocycles. The van der Waals surface area contributed by atoms with Crippen LogP contribution < -0.4 is 5.32 Å². The molecule has 1 saturated heterocycles. The molecule has 23 heavy (non-hydrogen) atoms. The SMILES string of the molecule is C[C@@H](C(=O)Nc1nccs1)N1CCN(Cc2ccccc2)CC1. The van der Waals surface area contributed by atoms with Crippen LogP contribution in [0.2, 0.25) is 0 Å². The third-order valence-electron chi connectivity index (χ3n) is 4.25. The van der Waals surface area contributed by atoms with Gasteiger partial charge in [0.1, 0.15) is 0 Å². The van der Waals surface area contributed by atoms with Crippen LogP contribution in [-0.4, -0.2) is 52.9 Å². The zero-order chi connectivity index (χ0) is 16.1. The molecule has 2 aromatic rings. The number of anilines is 1. The van der Waals surface area contributed by atoms with Crippen molar-refractivity contribution in [2.75, 3.05) is 31.5 Å². The molecule has 0 bridgehead atoms. The topological polar surface area (TPSA) is 48.5 Å². The average Bonchev–Trinajstić information content (AvgIpc) is 3.09. The van der Waals surface area contributed by atoms with Crippen molar-refractivity contribution in [3.63, 3.8) is 0 Å². The van der Waals surface area contributed by atoms with E-state index in [0.29, 0.717) is 5.13 Å². The zero-order valence-corrected chi connectivity index (χ0v) is 14.1. The fourth-order valence-corrected chi connectivity index (χ4v) is 3.34. The summed E-state index contributed by atoms with van der Waals surface area (Å²) in [6.45, 7) is 6.76. The summed E-state index contributed by atoms with van der Waals surface area (Å²) in [6.07, 6.45) is 1.70. The first-order valence-electron chi connectivity index (χ1n) is 7.93. The van der Waals surface area contributed by atoms with Crippen LogP contribution in [0.4, 0.5) is 5.13 Å². The molecule has 1 atom stereocenters. The molecule has 0 unspecified atom stereocenters. The predicted molar refractivity (Wildman–Crippen MR) is 93.5 cm³/mol. The maximum atomic E-state index is 12.3. The summed E-state index contributed by atoms with van der Waals surface area (Å²) in [5.41, 5.74) is 1.34. The molecule has 0 aliphatic carbocycles. The average molecular weight is 330 g/mol. The first-order chi connectivity index (χ1) is 11.2. The number of hydrogen-bond donors (Lipinski definition) is 1. The number of aromatic nitrogens is 1. The molecule has 0 spiro atoms. The second-order valence-corrected chi connectivity index (χ2v) is 6.69. The molecule has 1 aliphatic rings. The Morgan fingerprint density at radius 1 is 1.26 bits per heavy atom. The molecular weight excluding hydrogens is 308 g/mol. The zero-order valence-electron chi connectivity index (χ0n) is 13.3. The number of carbonyl (C=O) groups excluding carboxylic acids is 1. The number of nitrogens with one attached hydrogen (secondary N) is 1. The summed E-state index contributed by atoms with van der Waals surface area (Å²) in [6, 6.07) is 10.4. The highest BCUT2D eigenvalue weighted by molar-refractivity contribution is 7.13. The molecule has 1 aromatic heterocycles. The quantitative estimate of drug-likeness (QED) is 0.914. The first kappa shape index (κ1) is 16.1. The minimum Gasteiger partial charge on any atom is -0.301 e. The Kier molecular flexibility index (Phi) is 5.38. The van der Waals surface area contributed by atoms with E-state index in [9.17, 15) is 4.79 Å². The summed E-state index contributed by atoms with van der Waals surface area (Å²) < 4.78 is 0. The Morgan fingerprint density at radius 2 is 2.00 bits per heavy atom. The number of amides is 1. The summed E-state index contributed by atoms with van der Waals surface area (Å²) in [5, 5.41) is 5.42. The monoisotopic (exact) mass is 330 g/mol. The van der Waals surface area contributed by atoms with Crippen molar-refractivity contribution in [3.8, 4) is 0 Å². The van der Waals surface area contributed by atoms with E-state index < -0.39 is 0 Å². The van der Waals surface area contributed by atoms with Gasteiger partial charge >= 0.3 is 0 Å². The normalized spacial score (nSPS) is 17.8. The second-order valence-electron chi connectivity index (χ2n) is 5.80. The lowest BCUT2D eigenvalue weighted by molar-refractivity contribution is -0.121. The van der Waals surface area contributed by atoms with Crippen LogP contribution in [0.25, 0.3) is 0 Å². The van der Waals surface area contributed by atoms with Gasteiger partial charge in [0.15, 0.2) is 5.13 Å². The molecule has 0 radical (unpaired) electrons. The standard InChI is InChI=1S/C17H22N4OS/c1-14(16(22)19-17-18-7-12-23-17)21-10-8-20(9-11-21)13-15-5-3-2-4-6-15/h2-7,12,14H,8-11,13H2,1H3,(H,18,19,22)/t14-/m0/s1. The number of carbonyl (C=O) groups is 1. The van der Waals surface area contributed by atoms with E-state index in [1.165, 1.54) is 16.9 Å². The Balaban J connectivity index is 1.47. The molecule has 3 rings (SSSR count). The number of nitrogens with zero attached hydrogens (tertiary/aromatic N) is 3. The highest BCUT2D eigenvalue weighted by Crippen LogP contribution is 2.14. The summed E-state index contributed by atoms with van der Waals surface area (Å²) >= 11 is 1.45. The number of rotatable bonds is 5. The maximum absolute atomic E-state index is 12.3. The van der Waals surface area contributed by atoms with Crippen molar-refractivity contribution >= 4 is 22.4 Å². The lowest BCUT2D eigenvalue weighted by atomic mass is 10.1. The van der Waals surface area contributed by atoms with Crippen molar-refractivity contribution in [2.45, 2.75) is 19.5 Å². The molecule has 1 amide bonds. The van der Waals surface area contributed by atoms with Crippen molar-refractivity contribution in [1.82, 2.24) is 14.8 Å². The molecule has 2 heterocycles. The van der Waals surface area contributed by atoms with E-state index in [1.807, 2.05) is 18.4 Å². The van der Waals surface area contributed by atoms with Crippen LogP contribution in [0.1, 0.15) is 12.5 Å². The molecule has 5 nitrogen and oxygen atoms in total. The van der Waals surface area contributed by atoms with Gasteiger partial charge in [-0.1, -0.05) is 30.3 Å². The van der Waals surface area contributed by atoms with E-state index in [4.69, 9.17) is 0 Å². The van der Waals surface area contributed by atoms with Gasteiger partial charge < -0.3 is 5.32 Å². The van der Waals surface area contributed by atoms with Crippen molar-refractivity contribution in [3.05, 3.63) is 47.5 Å². The summed E-state index contributed by atoms with van der Waals surface area (Å²) in [5.74, 6) is 0.0245. The number of thiazole rings is 1. The van der Waals surface area contributed by atoms with Crippen molar-refractivity contribution in [2.24, 2.45) is 0 Å². The Labute approximate surface area is 140 Å². The fourth-order valence-electron chi connectivity index (χ4n) is 2.81. The Morgan fingerprint density at radius 3 is 2.65 bits per heavy atom. The van der Waals surface area contributed by atoms with Crippen LogP contribution in [0.15, 0.2) is 41.9 Å². The number of hydrogen-bond acceptors (Lipinski definition) is 5. The van der Waals surface area contributed by atoms with Crippen LogP contribution in [-0.2, 0) is 11.3 Å². The van der Waals surface area contributed by atoms with E-state index >= 15 is 0 Å².